The second kappa shape index (κ2) is 3.97. The summed E-state index contributed by atoms with van der Waals surface area (Å²) in [4.78, 5) is 2.46. The van der Waals surface area contributed by atoms with Crippen LogP contribution in [-0.2, 0) is 0 Å². The number of rotatable bonds is 3. The number of aliphatic hydroxyl groups excluding tert-OH is 1. The van der Waals surface area contributed by atoms with Crippen LogP contribution in [0.25, 0.3) is 0 Å². The van der Waals surface area contributed by atoms with Gasteiger partial charge in [-0.05, 0) is 45.2 Å². The summed E-state index contributed by atoms with van der Waals surface area (Å²) in [5, 5.41) is 9.38. The topological polar surface area (TPSA) is 23.5 Å². The zero-order valence-corrected chi connectivity index (χ0v) is 8.58. The van der Waals surface area contributed by atoms with Crippen molar-refractivity contribution in [2.45, 2.75) is 38.1 Å². The van der Waals surface area contributed by atoms with Gasteiger partial charge in [0.25, 0.3) is 0 Å². The first-order chi connectivity index (χ1) is 6.33. The van der Waals surface area contributed by atoms with Crippen LogP contribution in [0.4, 0.5) is 0 Å². The van der Waals surface area contributed by atoms with E-state index >= 15 is 0 Å². The van der Waals surface area contributed by atoms with Crippen LogP contribution in [0.5, 0.6) is 0 Å². The van der Waals surface area contributed by atoms with Crippen molar-refractivity contribution in [2.24, 2.45) is 11.8 Å². The molecule has 0 bridgehead atoms. The number of hydrogen-bond donors (Lipinski definition) is 1. The van der Waals surface area contributed by atoms with Crippen molar-refractivity contribution in [3.05, 3.63) is 0 Å². The molecule has 1 saturated heterocycles. The van der Waals surface area contributed by atoms with Gasteiger partial charge in [-0.1, -0.05) is 6.42 Å². The molecule has 2 nitrogen and oxygen atoms in total. The van der Waals surface area contributed by atoms with Gasteiger partial charge in [-0.15, -0.1) is 0 Å². The van der Waals surface area contributed by atoms with E-state index in [2.05, 4.69) is 11.9 Å². The smallest absolute Gasteiger partial charge is 0.0476 e. The van der Waals surface area contributed by atoms with Crippen LogP contribution < -0.4 is 0 Å². The number of nitrogens with zero attached hydrogens (tertiary/aromatic N) is 1. The van der Waals surface area contributed by atoms with Crippen LogP contribution in [0, 0.1) is 11.8 Å². The summed E-state index contributed by atoms with van der Waals surface area (Å²) in [6, 6.07) is 0.672. The second-order valence-electron chi connectivity index (χ2n) is 4.73. The molecule has 0 radical (unpaired) electrons. The lowest BCUT2D eigenvalue weighted by molar-refractivity contribution is 0.0753. The Morgan fingerprint density at radius 3 is 2.62 bits per heavy atom. The summed E-state index contributed by atoms with van der Waals surface area (Å²) in [6.45, 7) is 1.63. The molecule has 2 fully saturated rings. The number of hydrogen-bond acceptors (Lipinski definition) is 2. The first-order valence-corrected chi connectivity index (χ1v) is 5.64. The van der Waals surface area contributed by atoms with Crippen molar-refractivity contribution < 1.29 is 5.11 Å². The highest BCUT2D eigenvalue weighted by Crippen LogP contribution is 2.41. The fraction of sp³-hybridized carbons (Fsp3) is 1.00. The highest BCUT2D eigenvalue weighted by Gasteiger charge is 2.38. The Hall–Kier alpha value is -0.0800. The summed E-state index contributed by atoms with van der Waals surface area (Å²) in [6.07, 6.45) is 6.72. The Labute approximate surface area is 80.9 Å². The van der Waals surface area contributed by atoms with Crippen LogP contribution in [-0.4, -0.2) is 36.2 Å². The Bertz CT molecular complexity index is 167. The lowest BCUT2D eigenvalue weighted by atomic mass is 9.88. The molecule has 1 heterocycles. The van der Waals surface area contributed by atoms with Crippen molar-refractivity contribution in [1.29, 1.82) is 0 Å². The van der Waals surface area contributed by atoms with Gasteiger partial charge in [-0.3, -0.25) is 0 Å². The molecule has 2 rings (SSSR count). The van der Waals surface area contributed by atoms with E-state index in [0.29, 0.717) is 18.6 Å². The molecule has 1 N–H and O–H groups in total. The maximum atomic E-state index is 9.38. The molecule has 2 aliphatic rings. The second-order valence-corrected chi connectivity index (χ2v) is 4.73. The quantitative estimate of drug-likeness (QED) is 0.716. The molecule has 13 heavy (non-hydrogen) atoms. The van der Waals surface area contributed by atoms with Gasteiger partial charge in [-0.2, -0.15) is 0 Å². The lowest BCUT2D eigenvalue weighted by Crippen LogP contribution is -2.43. The molecule has 2 unspecified atom stereocenters. The average Bonchev–Trinajstić information content (AvgIpc) is 2.93. The maximum absolute atomic E-state index is 9.38. The summed E-state index contributed by atoms with van der Waals surface area (Å²) in [5.41, 5.74) is 0. The van der Waals surface area contributed by atoms with Crippen molar-refractivity contribution in [1.82, 2.24) is 4.90 Å². The molecule has 0 aromatic carbocycles. The Kier molecular flexibility index (Phi) is 2.89. The molecule has 0 spiro atoms. The standard InChI is InChI=1S/C11H21NO/c1-12-7-3-2-4-11(12)10(8-13)9-5-6-9/h9-11,13H,2-8H2,1H3. The van der Waals surface area contributed by atoms with Gasteiger partial charge in [-0.25, -0.2) is 0 Å². The SMILES string of the molecule is CN1CCCCC1C(CO)C1CC1. The predicted octanol–water partition coefficient (Wildman–Crippen LogP) is 1.49. The highest BCUT2D eigenvalue weighted by molar-refractivity contribution is 4.90. The normalized spacial score (nSPS) is 33.2. The van der Waals surface area contributed by atoms with E-state index < -0.39 is 0 Å². The predicted molar refractivity (Wildman–Crippen MR) is 53.6 cm³/mol. The van der Waals surface area contributed by atoms with Crippen LogP contribution >= 0.6 is 0 Å². The van der Waals surface area contributed by atoms with Crippen molar-refractivity contribution in [3.63, 3.8) is 0 Å². The third-order valence-corrected chi connectivity index (χ3v) is 3.76. The van der Waals surface area contributed by atoms with Gasteiger partial charge >= 0.3 is 0 Å². The average molecular weight is 183 g/mol. The van der Waals surface area contributed by atoms with E-state index in [1.807, 2.05) is 0 Å². The van der Waals surface area contributed by atoms with Gasteiger partial charge < -0.3 is 10.0 Å². The molecular formula is C11H21NO. The van der Waals surface area contributed by atoms with Crippen LogP contribution in [0.2, 0.25) is 0 Å². The molecule has 1 aliphatic carbocycles. The van der Waals surface area contributed by atoms with Gasteiger partial charge in [0, 0.05) is 18.6 Å². The molecule has 1 saturated carbocycles. The zero-order valence-electron chi connectivity index (χ0n) is 8.58. The van der Waals surface area contributed by atoms with Gasteiger partial charge in [0.05, 0.1) is 0 Å². The molecule has 2 atom stereocenters. The monoisotopic (exact) mass is 183 g/mol. The summed E-state index contributed by atoms with van der Waals surface area (Å²) < 4.78 is 0. The number of piperidine rings is 1. The molecule has 2 heteroatoms. The molecule has 0 amide bonds. The summed E-state index contributed by atoms with van der Waals surface area (Å²) in [7, 11) is 2.22. The third-order valence-electron chi connectivity index (χ3n) is 3.76. The molecule has 0 aromatic rings. The molecule has 1 aliphatic heterocycles. The molecule has 0 aromatic heterocycles. The van der Waals surface area contributed by atoms with E-state index in [0.717, 1.165) is 5.92 Å². The minimum Gasteiger partial charge on any atom is -0.396 e. The lowest BCUT2D eigenvalue weighted by Gasteiger charge is -2.37. The molecule has 76 valence electrons. The largest absolute Gasteiger partial charge is 0.396 e. The first-order valence-electron chi connectivity index (χ1n) is 5.64. The van der Waals surface area contributed by atoms with Crippen molar-refractivity contribution >= 4 is 0 Å². The van der Waals surface area contributed by atoms with Gasteiger partial charge in [0.1, 0.15) is 0 Å². The third kappa shape index (κ3) is 2.05. The minimum absolute atomic E-state index is 0.402. The van der Waals surface area contributed by atoms with Crippen LogP contribution in [0.1, 0.15) is 32.1 Å². The van der Waals surface area contributed by atoms with Crippen molar-refractivity contribution in [2.75, 3.05) is 20.2 Å². The van der Waals surface area contributed by atoms with Crippen LogP contribution in [0.15, 0.2) is 0 Å². The Balaban J connectivity index is 1.94. The fourth-order valence-corrected chi connectivity index (χ4v) is 2.75. The zero-order chi connectivity index (χ0) is 9.26. The Morgan fingerprint density at radius 1 is 1.31 bits per heavy atom. The minimum atomic E-state index is 0.402. The van der Waals surface area contributed by atoms with Gasteiger partial charge in [0.2, 0.25) is 0 Å². The van der Waals surface area contributed by atoms with Gasteiger partial charge in [0.15, 0.2) is 0 Å². The first kappa shape index (κ1) is 9.47. The van der Waals surface area contributed by atoms with E-state index in [1.165, 1.54) is 38.6 Å². The van der Waals surface area contributed by atoms with E-state index in [9.17, 15) is 5.11 Å². The van der Waals surface area contributed by atoms with Crippen LogP contribution in [0.3, 0.4) is 0 Å². The van der Waals surface area contributed by atoms with E-state index in [-0.39, 0.29) is 0 Å². The van der Waals surface area contributed by atoms with E-state index in [1.54, 1.807) is 0 Å². The number of likely N-dealkylation sites (tertiary alicyclic amines) is 1. The highest BCUT2D eigenvalue weighted by atomic mass is 16.3. The Morgan fingerprint density at radius 2 is 2.08 bits per heavy atom. The number of aliphatic hydroxyl groups is 1. The summed E-state index contributed by atoms with van der Waals surface area (Å²) >= 11 is 0. The fourth-order valence-electron chi connectivity index (χ4n) is 2.75. The summed E-state index contributed by atoms with van der Waals surface area (Å²) in [5.74, 6) is 1.42. The molecular weight excluding hydrogens is 162 g/mol. The maximum Gasteiger partial charge on any atom is 0.0476 e. The van der Waals surface area contributed by atoms with E-state index in [4.69, 9.17) is 0 Å². The van der Waals surface area contributed by atoms with Crippen molar-refractivity contribution in [3.8, 4) is 0 Å².